The minimum absolute atomic E-state index is 0.311. The van der Waals surface area contributed by atoms with Gasteiger partial charge in [0.25, 0.3) is 0 Å². The zero-order valence-electron chi connectivity index (χ0n) is 12.2. The molecular formula is C19H20N2. The summed E-state index contributed by atoms with van der Waals surface area (Å²) >= 11 is 0. The van der Waals surface area contributed by atoms with E-state index in [4.69, 9.17) is 4.99 Å². The van der Waals surface area contributed by atoms with Crippen LogP contribution in [0.15, 0.2) is 65.7 Å². The minimum Gasteiger partial charge on any atom is -0.351 e. The molecule has 2 unspecified atom stereocenters. The molecule has 0 saturated carbocycles. The maximum atomic E-state index is 5.00. The van der Waals surface area contributed by atoms with Gasteiger partial charge in [0, 0.05) is 13.0 Å². The smallest absolute Gasteiger partial charge is 0.100 e. The highest BCUT2D eigenvalue weighted by molar-refractivity contribution is 5.85. The summed E-state index contributed by atoms with van der Waals surface area (Å²) in [5.74, 6) is 1.31. The van der Waals surface area contributed by atoms with Gasteiger partial charge in [0.05, 0.1) is 12.1 Å². The Labute approximate surface area is 126 Å². The van der Waals surface area contributed by atoms with Crippen LogP contribution in [-0.2, 0) is 0 Å². The number of fused-ring (bicyclic) bond motifs is 1. The standard InChI is InChI=1S/C19H20N2/c1-3-8-15(9-4-1)17-14-21-18(12-7-13-19(21)20-17)16-10-5-2-6-11-16/h1-6,8-11,17-18H,7,12-14H2. The minimum atomic E-state index is 0.311. The van der Waals surface area contributed by atoms with E-state index < -0.39 is 0 Å². The van der Waals surface area contributed by atoms with Crippen molar-refractivity contribution in [3.8, 4) is 0 Å². The third-order valence-electron chi connectivity index (χ3n) is 4.63. The van der Waals surface area contributed by atoms with Crippen LogP contribution in [0, 0.1) is 0 Å². The highest BCUT2D eigenvalue weighted by atomic mass is 15.3. The van der Waals surface area contributed by atoms with Crippen LogP contribution in [0.2, 0.25) is 0 Å². The number of hydrogen-bond donors (Lipinski definition) is 0. The lowest BCUT2D eigenvalue weighted by Crippen LogP contribution is -2.35. The molecule has 106 valence electrons. The molecule has 2 atom stereocenters. The average molecular weight is 276 g/mol. The molecule has 2 aliphatic heterocycles. The molecule has 0 aromatic heterocycles. The Morgan fingerprint density at radius 1 is 0.857 bits per heavy atom. The van der Waals surface area contributed by atoms with E-state index in [0.29, 0.717) is 12.1 Å². The van der Waals surface area contributed by atoms with Crippen LogP contribution in [0.1, 0.15) is 42.5 Å². The van der Waals surface area contributed by atoms with Crippen LogP contribution in [0.3, 0.4) is 0 Å². The number of piperidine rings is 1. The molecule has 2 aromatic carbocycles. The van der Waals surface area contributed by atoms with Crippen LogP contribution in [0.4, 0.5) is 0 Å². The molecule has 0 aliphatic carbocycles. The van der Waals surface area contributed by atoms with Gasteiger partial charge < -0.3 is 4.90 Å². The van der Waals surface area contributed by atoms with E-state index in [1.54, 1.807) is 0 Å². The molecule has 2 heteroatoms. The van der Waals surface area contributed by atoms with Gasteiger partial charge in [-0.2, -0.15) is 0 Å². The topological polar surface area (TPSA) is 15.6 Å². The fraction of sp³-hybridized carbons (Fsp3) is 0.316. The first-order valence-electron chi connectivity index (χ1n) is 7.85. The van der Waals surface area contributed by atoms with E-state index in [-0.39, 0.29) is 0 Å². The van der Waals surface area contributed by atoms with Crippen LogP contribution in [0.5, 0.6) is 0 Å². The predicted octanol–water partition coefficient (Wildman–Crippen LogP) is 4.37. The molecule has 2 nitrogen and oxygen atoms in total. The first-order valence-corrected chi connectivity index (χ1v) is 7.85. The summed E-state index contributed by atoms with van der Waals surface area (Å²) in [7, 11) is 0. The third kappa shape index (κ3) is 2.35. The van der Waals surface area contributed by atoms with Gasteiger partial charge in [-0.25, -0.2) is 0 Å². The Balaban J connectivity index is 1.62. The molecule has 2 aliphatic rings. The van der Waals surface area contributed by atoms with Crippen molar-refractivity contribution in [1.82, 2.24) is 4.90 Å². The number of benzene rings is 2. The van der Waals surface area contributed by atoms with Gasteiger partial charge in [-0.1, -0.05) is 60.7 Å². The summed E-state index contributed by atoms with van der Waals surface area (Å²) in [4.78, 5) is 7.54. The molecule has 0 N–H and O–H groups in total. The van der Waals surface area contributed by atoms with Crippen molar-refractivity contribution in [2.24, 2.45) is 4.99 Å². The Hall–Kier alpha value is -2.09. The van der Waals surface area contributed by atoms with Crippen molar-refractivity contribution in [3.63, 3.8) is 0 Å². The number of nitrogens with zero attached hydrogens (tertiary/aromatic N) is 2. The van der Waals surface area contributed by atoms with E-state index in [1.807, 2.05) is 0 Å². The summed E-state index contributed by atoms with van der Waals surface area (Å²) in [6.45, 7) is 1.03. The molecular weight excluding hydrogens is 256 g/mol. The number of amidine groups is 1. The van der Waals surface area contributed by atoms with Gasteiger partial charge in [0.2, 0.25) is 0 Å². The SMILES string of the molecule is c1ccc(C2CN3C(=N2)CCCC3c2ccccc2)cc1. The van der Waals surface area contributed by atoms with Gasteiger partial charge in [-0.3, -0.25) is 4.99 Å². The molecule has 0 spiro atoms. The Kier molecular flexibility index (Phi) is 3.23. The maximum Gasteiger partial charge on any atom is 0.100 e. The third-order valence-corrected chi connectivity index (χ3v) is 4.63. The molecule has 0 radical (unpaired) electrons. The number of hydrogen-bond acceptors (Lipinski definition) is 2. The van der Waals surface area contributed by atoms with Gasteiger partial charge in [-0.05, 0) is 24.0 Å². The normalized spacial score (nSPS) is 24.6. The molecule has 0 amide bonds. The number of rotatable bonds is 2. The summed E-state index contributed by atoms with van der Waals surface area (Å²) in [5, 5.41) is 0. The quantitative estimate of drug-likeness (QED) is 0.795. The predicted molar refractivity (Wildman–Crippen MR) is 86.4 cm³/mol. The molecule has 4 rings (SSSR count). The largest absolute Gasteiger partial charge is 0.351 e. The van der Waals surface area contributed by atoms with Crippen LogP contribution >= 0.6 is 0 Å². The first kappa shape index (κ1) is 12.6. The zero-order valence-corrected chi connectivity index (χ0v) is 12.2. The molecule has 2 aromatic rings. The van der Waals surface area contributed by atoms with Crippen molar-refractivity contribution in [2.45, 2.75) is 31.3 Å². The fourth-order valence-electron chi connectivity index (χ4n) is 3.59. The Bertz CT molecular complexity index is 633. The Morgan fingerprint density at radius 2 is 1.52 bits per heavy atom. The second-order valence-corrected chi connectivity index (χ2v) is 5.94. The van der Waals surface area contributed by atoms with Crippen molar-refractivity contribution < 1.29 is 0 Å². The first-order chi connectivity index (χ1) is 10.4. The summed E-state index contributed by atoms with van der Waals surface area (Å²) in [6, 6.07) is 22.4. The van der Waals surface area contributed by atoms with Crippen LogP contribution < -0.4 is 0 Å². The van der Waals surface area contributed by atoms with Crippen LogP contribution in [-0.4, -0.2) is 17.3 Å². The lowest BCUT2D eigenvalue weighted by Gasteiger charge is -2.35. The van der Waals surface area contributed by atoms with Gasteiger partial charge in [0.1, 0.15) is 5.84 Å². The maximum absolute atomic E-state index is 5.00. The van der Waals surface area contributed by atoms with E-state index in [2.05, 4.69) is 65.6 Å². The van der Waals surface area contributed by atoms with Crippen molar-refractivity contribution in [3.05, 3.63) is 71.8 Å². The van der Waals surface area contributed by atoms with Gasteiger partial charge in [0.15, 0.2) is 0 Å². The summed E-state index contributed by atoms with van der Waals surface area (Å²) in [5.41, 5.74) is 2.77. The number of aliphatic imine (C=N–C) groups is 1. The van der Waals surface area contributed by atoms with Crippen molar-refractivity contribution >= 4 is 5.84 Å². The van der Waals surface area contributed by atoms with E-state index >= 15 is 0 Å². The van der Waals surface area contributed by atoms with E-state index in [1.165, 1.54) is 29.8 Å². The lowest BCUT2D eigenvalue weighted by molar-refractivity contribution is 0.279. The molecule has 1 fully saturated rings. The summed E-state index contributed by atoms with van der Waals surface area (Å²) < 4.78 is 0. The van der Waals surface area contributed by atoms with Gasteiger partial charge >= 0.3 is 0 Å². The van der Waals surface area contributed by atoms with Crippen molar-refractivity contribution in [1.29, 1.82) is 0 Å². The monoisotopic (exact) mass is 276 g/mol. The molecule has 2 heterocycles. The second kappa shape index (κ2) is 5.36. The van der Waals surface area contributed by atoms with E-state index in [9.17, 15) is 0 Å². The fourth-order valence-corrected chi connectivity index (χ4v) is 3.59. The van der Waals surface area contributed by atoms with Crippen molar-refractivity contribution in [2.75, 3.05) is 6.54 Å². The Morgan fingerprint density at radius 3 is 2.24 bits per heavy atom. The molecule has 0 bridgehead atoms. The van der Waals surface area contributed by atoms with Crippen LogP contribution in [0.25, 0.3) is 0 Å². The molecule has 1 saturated heterocycles. The highest BCUT2D eigenvalue weighted by Gasteiger charge is 2.34. The summed E-state index contributed by atoms with van der Waals surface area (Å²) in [6.07, 6.45) is 3.62. The van der Waals surface area contributed by atoms with Gasteiger partial charge in [-0.15, -0.1) is 0 Å². The zero-order chi connectivity index (χ0) is 14.1. The highest BCUT2D eigenvalue weighted by Crippen LogP contribution is 2.38. The van der Waals surface area contributed by atoms with E-state index in [0.717, 1.165) is 13.0 Å². The average Bonchev–Trinajstić information content (AvgIpc) is 3.00. The second-order valence-electron chi connectivity index (χ2n) is 5.94. The lowest BCUT2D eigenvalue weighted by atomic mass is 9.95. The molecule has 21 heavy (non-hydrogen) atoms.